The molecule has 5 heteroatoms. The third-order valence-electron chi connectivity index (χ3n) is 8.04. The number of nitrogens with zero attached hydrogens (tertiary/aromatic N) is 1. The van der Waals surface area contributed by atoms with Crippen LogP contribution in [0.1, 0.15) is 41.5 Å². The number of carbonyl (C=O) groups excluding carboxylic acids is 2. The van der Waals surface area contributed by atoms with Crippen LogP contribution in [-0.2, 0) is 21.4 Å². The van der Waals surface area contributed by atoms with Crippen molar-refractivity contribution in [3.8, 4) is 22.8 Å². The van der Waals surface area contributed by atoms with E-state index in [2.05, 4.69) is 30.4 Å². The van der Waals surface area contributed by atoms with Crippen molar-refractivity contribution in [1.29, 1.82) is 0 Å². The van der Waals surface area contributed by atoms with E-state index in [0.717, 1.165) is 51.7 Å². The summed E-state index contributed by atoms with van der Waals surface area (Å²) in [7, 11) is 0. The molecule has 7 rings (SSSR count). The molecule has 5 nitrogen and oxygen atoms in total. The number of ether oxygens (including phenoxy) is 2. The quantitative estimate of drug-likeness (QED) is 0.166. The molecular formula is C36H27NO4. The fraction of sp³-hybridized carbons (Fsp3) is 0.139. The number of esters is 2. The van der Waals surface area contributed by atoms with Crippen LogP contribution in [0, 0.1) is 0 Å². The highest BCUT2D eigenvalue weighted by molar-refractivity contribution is 5.94. The van der Waals surface area contributed by atoms with Crippen molar-refractivity contribution in [2.45, 2.75) is 31.1 Å². The lowest BCUT2D eigenvalue weighted by molar-refractivity contribution is -0.138. The SMILES string of the molecule is O=C(CC1(CC(=O)Oc2ccccc2)c2cc3ccccc3nc2-c2c1ccc1c2CCC=C1)Oc1ccccc1. The maximum absolute atomic E-state index is 13.7. The number of fused-ring (bicyclic) bond motifs is 6. The molecule has 1 aromatic heterocycles. The van der Waals surface area contributed by atoms with Crippen LogP contribution in [0.3, 0.4) is 0 Å². The molecule has 0 unspecified atom stereocenters. The van der Waals surface area contributed by atoms with Crippen LogP contribution in [0.4, 0.5) is 0 Å². The van der Waals surface area contributed by atoms with Crippen LogP contribution < -0.4 is 9.47 Å². The Kier molecular flexibility index (Phi) is 6.20. The molecule has 0 saturated carbocycles. The van der Waals surface area contributed by atoms with E-state index < -0.39 is 17.4 Å². The highest BCUT2D eigenvalue weighted by Gasteiger charge is 2.49. The van der Waals surface area contributed by atoms with Crippen LogP contribution in [0.2, 0.25) is 0 Å². The Bertz CT molecular complexity index is 1770. The van der Waals surface area contributed by atoms with Crippen molar-refractivity contribution < 1.29 is 19.1 Å². The van der Waals surface area contributed by atoms with E-state index in [-0.39, 0.29) is 12.8 Å². The largest absolute Gasteiger partial charge is 0.426 e. The maximum Gasteiger partial charge on any atom is 0.312 e. The molecular weight excluding hydrogens is 510 g/mol. The normalized spacial score (nSPS) is 14.1. The molecule has 4 aromatic carbocycles. The van der Waals surface area contributed by atoms with E-state index in [1.807, 2.05) is 60.7 Å². The predicted molar refractivity (Wildman–Crippen MR) is 159 cm³/mol. The second-order valence-corrected chi connectivity index (χ2v) is 10.6. The van der Waals surface area contributed by atoms with Crippen LogP contribution in [0.25, 0.3) is 28.2 Å². The predicted octanol–water partition coefficient (Wildman–Crippen LogP) is 7.45. The first-order valence-electron chi connectivity index (χ1n) is 13.9. The third kappa shape index (κ3) is 4.49. The third-order valence-corrected chi connectivity index (χ3v) is 8.04. The first-order chi connectivity index (χ1) is 20.1. The molecule has 0 radical (unpaired) electrons. The summed E-state index contributed by atoms with van der Waals surface area (Å²) in [6.07, 6.45) is 6.03. The first kappa shape index (κ1) is 25.0. The lowest BCUT2D eigenvalue weighted by Gasteiger charge is -2.30. The molecule has 0 bridgehead atoms. The molecule has 0 aliphatic heterocycles. The van der Waals surface area contributed by atoms with Crippen molar-refractivity contribution in [2.75, 3.05) is 0 Å². The molecule has 0 spiro atoms. The second kappa shape index (κ2) is 10.2. The van der Waals surface area contributed by atoms with Gasteiger partial charge in [-0.3, -0.25) is 9.59 Å². The Hall–Kier alpha value is -5.03. The summed E-state index contributed by atoms with van der Waals surface area (Å²) in [5, 5.41) is 0.949. The Balaban J connectivity index is 1.42. The number of aromatic nitrogens is 1. The van der Waals surface area contributed by atoms with Gasteiger partial charge in [0.25, 0.3) is 0 Å². The van der Waals surface area contributed by atoms with Crippen LogP contribution in [0.5, 0.6) is 11.5 Å². The average molecular weight is 538 g/mol. The van der Waals surface area contributed by atoms with Gasteiger partial charge in [0.1, 0.15) is 11.5 Å². The summed E-state index contributed by atoms with van der Waals surface area (Å²) in [5.41, 5.74) is 5.81. The minimum absolute atomic E-state index is 0.0412. The molecule has 2 aliphatic rings. The van der Waals surface area contributed by atoms with E-state index in [1.165, 1.54) is 5.56 Å². The number of allylic oxidation sites excluding steroid dienone is 1. The zero-order chi connectivity index (χ0) is 27.8. The standard InChI is InChI=1S/C36H27NO4/c38-32(40-26-13-3-1-4-14-26)22-36(23-33(39)41-27-15-5-2-6-16-27)29-20-19-24-11-7-9-17-28(24)34(29)35-30(36)21-25-12-8-10-18-31(25)37-35/h1-8,10-16,18-21H,9,17,22-23H2. The molecule has 0 amide bonds. The van der Waals surface area contributed by atoms with Gasteiger partial charge in [0.05, 0.1) is 24.1 Å². The molecule has 200 valence electrons. The lowest BCUT2D eigenvalue weighted by atomic mass is 9.72. The number of hydrogen-bond donors (Lipinski definition) is 0. The van der Waals surface area contributed by atoms with Gasteiger partial charge in [0.2, 0.25) is 0 Å². The summed E-state index contributed by atoms with van der Waals surface area (Å²) in [6, 6.07) is 32.3. The molecule has 0 N–H and O–H groups in total. The Labute approximate surface area is 238 Å². The number of benzene rings is 4. The summed E-state index contributed by atoms with van der Waals surface area (Å²) in [4.78, 5) is 32.5. The highest BCUT2D eigenvalue weighted by atomic mass is 16.5. The minimum Gasteiger partial charge on any atom is -0.426 e. The van der Waals surface area contributed by atoms with Gasteiger partial charge in [-0.15, -0.1) is 0 Å². The van der Waals surface area contributed by atoms with E-state index in [4.69, 9.17) is 14.5 Å². The maximum atomic E-state index is 13.7. The molecule has 0 atom stereocenters. The summed E-state index contributed by atoms with van der Waals surface area (Å²) >= 11 is 0. The van der Waals surface area contributed by atoms with Gasteiger partial charge in [-0.1, -0.05) is 78.9 Å². The zero-order valence-corrected chi connectivity index (χ0v) is 22.4. The summed E-state index contributed by atoms with van der Waals surface area (Å²) in [6.45, 7) is 0. The van der Waals surface area contributed by atoms with Crippen LogP contribution >= 0.6 is 0 Å². The molecule has 5 aromatic rings. The fourth-order valence-corrected chi connectivity index (χ4v) is 6.26. The average Bonchev–Trinajstić information content (AvgIpc) is 3.25. The number of rotatable bonds is 6. The fourth-order valence-electron chi connectivity index (χ4n) is 6.26. The van der Waals surface area contributed by atoms with Crippen molar-refractivity contribution in [2.24, 2.45) is 0 Å². The Morgan fingerprint density at radius 3 is 2.05 bits per heavy atom. The van der Waals surface area contributed by atoms with Gasteiger partial charge in [0, 0.05) is 16.4 Å². The Morgan fingerprint density at radius 1 is 0.732 bits per heavy atom. The smallest absolute Gasteiger partial charge is 0.312 e. The van der Waals surface area contributed by atoms with Crippen molar-refractivity contribution in [3.63, 3.8) is 0 Å². The number of hydrogen-bond acceptors (Lipinski definition) is 5. The van der Waals surface area contributed by atoms with Crippen molar-refractivity contribution >= 4 is 28.9 Å². The molecule has 1 heterocycles. The van der Waals surface area contributed by atoms with Crippen LogP contribution in [-0.4, -0.2) is 16.9 Å². The second-order valence-electron chi connectivity index (χ2n) is 10.6. The minimum atomic E-state index is -1.02. The van der Waals surface area contributed by atoms with Crippen molar-refractivity contribution in [1.82, 2.24) is 4.98 Å². The van der Waals surface area contributed by atoms with E-state index >= 15 is 0 Å². The molecule has 0 saturated heterocycles. The van der Waals surface area contributed by atoms with E-state index in [1.54, 1.807) is 24.3 Å². The number of para-hydroxylation sites is 3. The Morgan fingerprint density at radius 2 is 1.37 bits per heavy atom. The topological polar surface area (TPSA) is 65.5 Å². The lowest BCUT2D eigenvalue weighted by Crippen LogP contribution is -2.34. The summed E-state index contributed by atoms with van der Waals surface area (Å²) in [5.74, 6) is 0.0805. The monoisotopic (exact) mass is 537 g/mol. The van der Waals surface area contributed by atoms with Crippen LogP contribution in [0.15, 0.2) is 109 Å². The van der Waals surface area contributed by atoms with Gasteiger partial charge >= 0.3 is 11.9 Å². The molecule has 2 aliphatic carbocycles. The highest BCUT2D eigenvalue weighted by Crippen LogP contribution is 2.55. The first-order valence-corrected chi connectivity index (χ1v) is 13.9. The van der Waals surface area contributed by atoms with Gasteiger partial charge in [0.15, 0.2) is 0 Å². The summed E-state index contributed by atoms with van der Waals surface area (Å²) < 4.78 is 11.6. The van der Waals surface area contributed by atoms with Crippen molar-refractivity contribution in [3.05, 3.63) is 131 Å². The number of carbonyl (C=O) groups is 2. The van der Waals surface area contributed by atoms with Gasteiger partial charge in [-0.05, 0) is 71.5 Å². The molecule has 0 fully saturated rings. The molecule has 41 heavy (non-hydrogen) atoms. The zero-order valence-electron chi connectivity index (χ0n) is 22.4. The van der Waals surface area contributed by atoms with Gasteiger partial charge < -0.3 is 9.47 Å². The van der Waals surface area contributed by atoms with E-state index in [9.17, 15) is 9.59 Å². The van der Waals surface area contributed by atoms with E-state index in [0.29, 0.717) is 11.5 Å². The number of pyridine rings is 1. The van der Waals surface area contributed by atoms with Gasteiger partial charge in [-0.2, -0.15) is 0 Å². The van der Waals surface area contributed by atoms with Gasteiger partial charge in [-0.25, -0.2) is 4.98 Å².